The number of aromatic nitrogens is 2. The Kier molecular flexibility index (Phi) is 5.12. The lowest BCUT2D eigenvalue weighted by Crippen LogP contribution is -1.97. The average molecular weight is 370 g/mol. The molecular formula is C20H22N2O5. The van der Waals surface area contributed by atoms with Gasteiger partial charge < -0.3 is 24.1 Å². The minimum absolute atomic E-state index is 0.0621. The van der Waals surface area contributed by atoms with E-state index in [0.717, 1.165) is 22.4 Å². The van der Waals surface area contributed by atoms with Crippen molar-refractivity contribution in [2.24, 2.45) is 7.05 Å². The van der Waals surface area contributed by atoms with Crippen molar-refractivity contribution in [1.82, 2.24) is 9.78 Å². The van der Waals surface area contributed by atoms with E-state index in [0.29, 0.717) is 23.0 Å². The van der Waals surface area contributed by atoms with E-state index in [-0.39, 0.29) is 5.75 Å². The maximum Gasteiger partial charge on any atom is 0.203 e. The second-order valence-electron chi connectivity index (χ2n) is 5.83. The predicted molar refractivity (Wildman–Crippen MR) is 102 cm³/mol. The van der Waals surface area contributed by atoms with E-state index >= 15 is 0 Å². The van der Waals surface area contributed by atoms with E-state index in [9.17, 15) is 5.11 Å². The maximum absolute atomic E-state index is 10.2. The Hall–Kier alpha value is -3.35. The molecule has 0 saturated carbocycles. The van der Waals surface area contributed by atoms with E-state index in [4.69, 9.17) is 18.9 Å². The fourth-order valence-corrected chi connectivity index (χ4v) is 3.07. The Labute approximate surface area is 157 Å². The minimum Gasteiger partial charge on any atom is -0.504 e. The molecule has 0 aliphatic carbocycles. The van der Waals surface area contributed by atoms with Crippen molar-refractivity contribution >= 4 is 0 Å². The molecule has 2 aromatic carbocycles. The van der Waals surface area contributed by atoms with Crippen LogP contribution in [0.15, 0.2) is 36.5 Å². The monoisotopic (exact) mass is 370 g/mol. The summed E-state index contributed by atoms with van der Waals surface area (Å²) in [6, 6.07) is 8.97. The summed E-state index contributed by atoms with van der Waals surface area (Å²) >= 11 is 0. The van der Waals surface area contributed by atoms with Gasteiger partial charge in [0, 0.05) is 18.2 Å². The van der Waals surface area contributed by atoms with Gasteiger partial charge in [-0.3, -0.25) is 4.68 Å². The fraction of sp³-hybridized carbons (Fsp3) is 0.250. The van der Waals surface area contributed by atoms with Crippen molar-refractivity contribution in [2.45, 2.75) is 0 Å². The van der Waals surface area contributed by atoms with Gasteiger partial charge >= 0.3 is 0 Å². The number of nitrogens with zero attached hydrogens (tertiary/aromatic N) is 2. The highest BCUT2D eigenvalue weighted by Gasteiger charge is 2.19. The van der Waals surface area contributed by atoms with Gasteiger partial charge in [-0.15, -0.1) is 0 Å². The first-order valence-corrected chi connectivity index (χ1v) is 8.23. The smallest absolute Gasteiger partial charge is 0.203 e. The molecule has 1 heterocycles. The number of ether oxygens (including phenoxy) is 4. The Balaban J connectivity index is 2.19. The predicted octanol–water partition coefficient (Wildman–Crippen LogP) is 3.49. The summed E-state index contributed by atoms with van der Waals surface area (Å²) in [6.45, 7) is 0. The van der Waals surface area contributed by atoms with E-state index in [1.54, 1.807) is 44.3 Å². The molecule has 0 amide bonds. The summed E-state index contributed by atoms with van der Waals surface area (Å²) < 4.78 is 23.2. The highest BCUT2D eigenvalue weighted by Crippen LogP contribution is 2.43. The molecule has 3 aromatic rings. The van der Waals surface area contributed by atoms with Gasteiger partial charge in [-0.2, -0.15) is 5.10 Å². The Morgan fingerprint density at radius 3 is 1.96 bits per heavy atom. The number of phenols is 1. The molecule has 142 valence electrons. The Morgan fingerprint density at radius 1 is 0.815 bits per heavy atom. The number of aromatic hydroxyl groups is 1. The summed E-state index contributed by atoms with van der Waals surface area (Å²) in [7, 11) is 8.08. The average Bonchev–Trinajstić information content (AvgIpc) is 3.08. The summed E-state index contributed by atoms with van der Waals surface area (Å²) in [4.78, 5) is 0. The first-order valence-electron chi connectivity index (χ1n) is 8.23. The normalized spacial score (nSPS) is 10.6. The second-order valence-corrected chi connectivity index (χ2v) is 5.83. The van der Waals surface area contributed by atoms with E-state index in [1.165, 1.54) is 7.11 Å². The van der Waals surface area contributed by atoms with Crippen LogP contribution in [0.25, 0.3) is 22.4 Å². The molecule has 0 atom stereocenters. The number of rotatable bonds is 6. The van der Waals surface area contributed by atoms with Crippen LogP contribution in [0.2, 0.25) is 0 Å². The third kappa shape index (κ3) is 3.23. The number of hydrogen-bond acceptors (Lipinski definition) is 6. The van der Waals surface area contributed by atoms with Crippen LogP contribution in [0.1, 0.15) is 0 Å². The van der Waals surface area contributed by atoms with Gasteiger partial charge in [0.25, 0.3) is 0 Å². The molecule has 1 N–H and O–H groups in total. The van der Waals surface area contributed by atoms with Crippen molar-refractivity contribution in [3.63, 3.8) is 0 Å². The van der Waals surface area contributed by atoms with Crippen LogP contribution in [-0.4, -0.2) is 43.3 Å². The number of benzene rings is 2. The number of methoxy groups -OCH3 is 4. The minimum atomic E-state index is 0.0621. The molecule has 0 aliphatic heterocycles. The molecule has 7 heteroatoms. The van der Waals surface area contributed by atoms with Crippen molar-refractivity contribution < 1.29 is 24.1 Å². The van der Waals surface area contributed by atoms with Crippen LogP contribution < -0.4 is 18.9 Å². The molecule has 0 saturated heterocycles. The highest BCUT2D eigenvalue weighted by atomic mass is 16.5. The first kappa shape index (κ1) is 18.4. The highest BCUT2D eigenvalue weighted by molar-refractivity contribution is 5.83. The van der Waals surface area contributed by atoms with Crippen molar-refractivity contribution in [1.29, 1.82) is 0 Å². The van der Waals surface area contributed by atoms with Gasteiger partial charge in [0.15, 0.2) is 23.0 Å². The summed E-state index contributed by atoms with van der Waals surface area (Å²) in [5.41, 5.74) is 3.35. The van der Waals surface area contributed by atoms with Crippen LogP contribution in [0.5, 0.6) is 28.7 Å². The summed E-state index contributed by atoms with van der Waals surface area (Å²) in [5, 5.41) is 14.6. The molecule has 0 fully saturated rings. The van der Waals surface area contributed by atoms with Gasteiger partial charge in [-0.1, -0.05) is 0 Å². The topological polar surface area (TPSA) is 75.0 Å². The SMILES string of the molecule is COc1ccc(-c2c(-c3cc(OC)c(OC)c(OC)c3)cnn2C)cc1O. The third-order valence-corrected chi connectivity index (χ3v) is 4.37. The molecule has 27 heavy (non-hydrogen) atoms. The fourth-order valence-electron chi connectivity index (χ4n) is 3.07. The van der Waals surface area contributed by atoms with E-state index < -0.39 is 0 Å². The standard InChI is InChI=1S/C20H22N2O5/c1-22-19(12-6-7-16(24-2)15(23)8-12)14(11-21-22)13-9-17(25-3)20(27-5)18(10-13)26-4/h6-11,23H,1-5H3. The molecule has 0 unspecified atom stereocenters. The van der Waals surface area contributed by atoms with E-state index in [2.05, 4.69) is 5.10 Å². The molecule has 1 aromatic heterocycles. The number of aryl methyl sites for hydroxylation is 1. The lowest BCUT2D eigenvalue weighted by Gasteiger charge is -2.15. The van der Waals surface area contributed by atoms with Crippen LogP contribution >= 0.6 is 0 Å². The zero-order chi connectivity index (χ0) is 19.6. The largest absolute Gasteiger partial charge is 0.504 e. The van der Waals surface area contributed by atoms with Crippen LogP contribution in [0.3, 0.4) is 0 Å². The molecule has 0 bridgehead atoms. The first-order chi connectivity index (χ1) is 13.0. The molecular weight excluding hydrogens is 348 g/mol. The van der Waals surface area contributed by atoms with Gasteiger partial charge in [0.05, 0.1) is 40.3 Å². The van der Waals surface area contributed by atoms with Crippen LogP contribution in [0.4, 0.5) is 0 Å². The lowest BCUT2D eigenvalue weighted by atomic mass is 10.0. The molecule has 0 aliphatic rings. The Morgan fingerprint density at radius 2 is 1.44 bits per heavy atom. The summed E-state index contributed by atoms with van der Waals surface area (Å²) in [5.74, 6) is 2.11. The third-order valence-electron chi connectivity index (χ3n) is 4.37. The van der Waals surface area contributed by atoms with E-state index in [1.807, 2.05) is 25.2 Å². The molecule has 0 radical (unpaired) electrons. The van der Waals surface area contributed by atoms with Crippen molar-refractivity contribution in [2.75, 3.05) is 28.4 Å². The van der Waals surface area contributed by atoms with Gasteiger partial charge in [-0.25, -0.2) is 0 Å². The maximum atomic E-state index is 10.2. The zero-order valence-corrected chi connectivity index (χ0v) is 15.9. The number of phenolic OH excluding ortho intramolecular Hbond substituents is 1. The van der Waals surface area contributed by atoms with Crippen molar-refractivity contribution in [3.05, 3.63) is 36.5 Å². The quantitative estimate of drug-likeness (QED) is 0.716. The lowest BCUT2D eigenvalue weighted by molar-refractivity contribution is 0.324. The molecule has 0 spiro atoms. The van der Waals surface area contributed by atoms with Crippen LogP contribution in [0, 0.1) is 0 Å². The van der Waals surface area contributed by atoms with Crippen LogP contribution in [-0.2, 0) is 7.05 Å². The van der Waals surface area contributed by atoms with Gasteiger partial charge in [0.1, 0.15) is 0 Å². The summed E-state index contributed by atoms with van der Waals surface area (Å²) in [6.07, 6.45) is 1.76. The van der Waals surface area contributed by atoms with Crippen molar-refractivity contribution in [3.8, 4) is 51.1 Å². The van der Waals surface area contributed by atoms with Gasteiger partial charge in [-0.05, 0) is 35.9 Å². The molecule has 3 rings (SSSR count). The Bertz CT molecular complexity index is 940. The molecule has 7 nitrogen and oxygen atoms in total. The number of hydrogen-bond donors (Lipinski definition) is 1. The zero-order valence-electron chi connectivity index (χ0n) is 15.9. The van der Waals surface area contributed by atoms with Gasteiger partial charge in [0.2, 0.25) is 5.75 Å². The second kappa shape index (κ2) is 7.49.